The zero-order valence-electron chi connectivity index (χ0n) is 21.2. The van der Waals surface area contributed by atoms with E-state index in [2.05, 4.69) is 0 Å². The molecule has 2 heterocycles. The standard InChI is InChI=1S/C28H27N5O5S/c1-38-22-10-12-23(13-11-22)39(36,37)33-24-14-9-19(17-29)16-25(24)32(28(33)35)26(20-6-3-2-4-7-20)27(34)31-15-5-8-21(30)18-31/h2-4,6-7,9-14,16,21,26H,5,8,15,18,30H2,1H3/t21-,26?/m1/s1. The summed E-state index contributed by atoms with van der Waals surface area (Å²) in [7, 11) is -2.93. The minimum Gasteiger partial charge on any atom is -0.497 e. The molecule has 0 bridgehead atoms. The zero-order valence-corrected chi connectivity index (χ0v) is 22.0. The zero-order chi connectivity index (χ0) is 27.7. The number of nitrogens with zero attached hydrogens (tertiary/aromatic N) is 4. The van der Waals surface area contributed by atoms with E-state index in [1.54, 1.807) is 35.2 Å². The van der Waals surface area contributed by atoms with Gasteiger partial charge in [-0.05, 0) is 60.9 Å². The molecule has 1 aliphatic rings. The van der Waals surface area contributed by atoms with Crippen LogP contribution in [-0.2, 0) is 14.8 Å². The molecule has 2 N–H and O–H groups in total. The highest BCUT2D eigenvalue weighted by atomic mass is 32.2. The van der Waals surface area contributed by atoms with Crippen molar-refractivity contribution in [3.8, 4) is 11.8 Å². The van der Waals surface area contributed by atoms with Gasteiger partial charge < -0.3 is 15.4 Å². The number of aromatic nitrogens is 2. The van der Waals surface area contributed by atoms with E-state index in [-0.39, 0.29) is 33.4 Å². The van der Waals surface area contributed by atoms with E-state index in [0.717, 1.165) is 12.8 Å². The summed E-state index contributed by atoms with van der Waals surface area (Å²) < 4.78 is 34.7. The molecule has 2 atom stereocenters. The van der Waals surface area contributed by atoms with Gasteiger partial charge in [0.2, 0.25) is 0 Å². The Balaban J connectivity index is 1.78. The number of hydrogen-bond donors (Lipinski definition) is 1. The van der Waals surface area contributed by atoms with Crippen LogP contribution in [0.5, 0.6) is 5.75 Å². The Bertz CT molecular complexity index is 1740. The van der Waals surface area contributed by atoms with E-state index in [1.165, 1.54) is 54.1 Å². The number of amides is 1. The third-order valence-corrected chi connectivity index (χ3v) is 8.64. The van der Waals surface area contributed by atoms with Crippen LogP contribution in [0.1, 0.15) is 30.0 Å². The Morgan fingerprint density at radius 2 is 1.79 bits per heavy atom. The van der Waals surface area contributed by atoms with Crippen LogP contribution >= 0.6 is 0 Å². The van der Waals surface area contributed by atoms with E-state index in [1.807, 2.05) is 6.07 Å². The third-order valence-electron chi connectivity index (χ3n) is 6.94. The minimum atomic E-state index is -4.40. The summed E-state index contributed by atoms with van der Waals surface area (Å²) in [6.07, 6.45) is 1.50. The van der Waals surface area contributed by atoms with Gasteiger partial charge >= 0.3 is 5.69 Å². The monoisotopic (exact) mass is 545 g/mol. The van der Waals surface area contributed by atoms with E-state index < -0.39 is 21.8 Å². The van der Waals surface area contributed by atoms with Gasteiger partial charge in [0.1, 0.15) is 11.8 Å². The number of nitrogens with two attached hydrogens (primary N) is 1. The molecule has 0 spiro atoms. The van der Waals surface area contributed by atoms with Crippen LogP contribution in [0.3, 0.4) is 0 Å². The molecule has 1 unspecified atom stereocenters. The SMILES string of the molecule is COc1ccc(S(=O)(=O)n2c(=O)n(C(C(=O)N3CCC[C@@H](N)C3)c3ccccc3)c3cc(C#N)ccc32)cc1. The van der Waals surface area contributed by atoms with Crippen molar-refractivity contribution in [2.24, 2.45) is 5.73 Å². The van der Waals surface area contributed by atoms with Crippen molar-refractivity contribution in [2.75, 3.05) is 20.2 Å². The van der Waals surface area contributed by atoms with E-state index >= 15 is 0 Å². The lowest BCUT2D eigenvalue weighted by molar-refractivity contribution is -0.134. The summed E-state index contributed by atoms with van der Waals surface area (Å²) in [4.78, 5) is 29.7. The molecule has 1 aromatic heterocycles. The first-order valence-corrected chi connectivity index (χ1v) is 13.9. The Morgan fingerprint density at radius 1 is 1.08 bits per heavy atom. The van der Waals surface area contributed by atoms with Crippen LogP contribution < -0.4 is 16.2 Å². The molecule has 200 valence electrons. The number of ether oxygens (including phenoxy) is 1. The molecular formula is C28H27N5O5S. The number of hydrogen-bond acceptors (Lipinski definition) is 7. The van der Waals surface area contributed by atoms with Gasteiger partial charge in [0.25, 0.3) is 15.9 Å². The maximum absolute atomic E-state index is 14.1. The molecule has 0 radical (unpaired) electrons. The topological polar surface area (TPSA) is 140 Å². The summed E-state index contributed by atoms with van der Waals surface area (Å²) in [6, 6.07) is 19.3. The lowest BCUT2D eigenvalue weighted by atomic mass is 10.0. The molecule has 10 nitrogen and oxygen atoms in total. The van der Waals surface area contributed by atoms with Crippen LogP contribution in [0, 0.1) is 11.3 Å². The van der Waals surface area contributed by atoms with Crippen LogP contribution in [0.25, 0.3) is 11.0 Å². The second-order valence-corrected chi connectivity index (χ2v) is 11.2. The van der Waals surface area contributed by atoms with Crippen LogP contribution in [0.4, 0.5) is 0 Å². The van der Waals surface area contributed by atoms with Crippen molar-refractivity contribution in [3.05, 3.63) is 94.4 Å². The number of imidazole rings is 1. The smallest absolute Gasteiger partial charge is 0.344 e. The molecule has 0 aliphatic carbocycles. The second-order valence-electron chi connectivity index (χ2n) is 9.41. The van der Waals surface area contributed by atoms with Crippen molar-refractivity contribution in [3.63, 3.8) is 0 Å². The summed E-state index contributed by atoms with van der Waals surface area (Å²) in [5, 5.41) is 9.59. The first kappa shape index (κ1) is 26.2. The fourth-order valence-electron chi connectivity index (χ4n) is 5.02. The van der Waals surface area contributed by atoms with E-state index in [0.29, 0.717) is 28.4 Å². The normalized spacial score (nSPS) is 16.5. The van der Waals surface area contributed by atoms with Gasteiger partial charge in [0.05, 0.1) is 34.7 Å². The molecule has 3 aromatic carbocycles. The van der Waals surface area contributed by atoms with Crippen LogP contribution in [0.15, 0.2) is 82.5 Å². The molecule has 1 aliphatic heterocycles. The lowest BCUT2D eigenvalue weighted by Crippen LogP contribution is -2.49. The number of carbonyl (C=O) groups excluding carboxylic acids is 1. The molecule has 1 fully saturated rings. The molecule has 1 saturated heterocycles. The Labute approximate surface area is 225 Å². The largest absolute Gasteiger partial charge is 0.497 e. The van der Waals surface area contributed by atoms with Crippen LogP contribution in [0.2, 0.25) is 0 Å². The number of benzene rings is 3. The van der Waals surface area contributed by atoms with Gasteiger partial charge in [-0.3, -0.25) is 9.36 Å². The number of piperidine rings is 1. The second kappa shape index (κ2) is 10.4. The van der Waals surface area contributed by atoms with E-state index in [4.69, 9.17) is 10.5 Å². The lowest BCUT2D eigenvalue weighted by Gasteiger charge is -2.34. The Hall–Kier alpha value is -4.40. The number of nitriles is 1. The highest BCUT2D eigenvalue weighted by Crippen LogP contribution is 2.29. The van der Waals surface area contributed by atoms with Crippen molar-refractivity contribution >= 4 is 27.0 Å². The predicted molar refractivity (Wildman–Crippen MR) is 145 cm³/mol. The number of methoxy groups -OCH3 is 1. The molecule has 11 heteroatoms. The quantitative estimate of drug-likeness (QED) is 0.392. The average molecular weight is 546 g/mol. The van der Waals surface area contributed by atoms with Gasteiger partial charge in [-0.25, -0.2) is 13.2 Å². The van der Waals surface area contributed by atoms with Gasteiger partial charge in [-0.15, -0.1) is 0 Å². The maximum Gasteiger partial charge on any atom is 0.344 e. The fraction of sp³-hybridized carbons (Fsp3) is 0.250. The van der Waals surface area contributed by atoms with Crippen molar-refractivity contribution in [1.29, 1.82) is 5.26 Å². The van der Waals surface area contributed by atoms with Crippen LogP contribution in [-0.4, -0.2) is 54.0 Å². The highest BCUT2D eigenvalue weighted by molar-refractivity contribution is 7.90. The van der Waals surface area contributed by atoms with Gasteiger partial charge in [0.15, 0.2) is 0 Å². The molecule has 0 saturated carbocycles. The number of likely N-dealkylation sites (tertiary alicyclic amines) is 1. The summed E-state index contributed by atoms with van der Waals surface area (Å²) in [5.74, 6) is 0.0820. The summed E-state index contributed by atoms with van der Waals surface area (Å²) in [5.41, 5.74) is 6.17. The van der Waals surface area contributed by atoms with Gasteiger partial charge in [-0.1, -0.05) is 30.3 Å². The first-order chi connectivity index (χ1) is 18.8. The summed E-state index contributed by atoms with van der Waals surface area (Å²) in [6.45, 7) is 0.792. The summed E-state index contributed by atoms with van der Waals surface area (Å²) >= 11 is 0. The first-order valence-electron chi connectivity index (χ1n) is 12.4. The predicted octanol–water partition coefficient (Wildman–Crippen LogP) is 2.46. The average Bonchev–Trinajstić information content (AvgIpc) is 3.25. The number of carbonyl (C=O) groups is 1. The maximum atomic E-state index is 14.1. The van der Waals surface area contributed by atoms with Crippen molar-refractivity contribution in [1.82, 2.24) is 13.4 Å². The van der Waals surface area contributed by atoms with Gasteiger partial charge in [0, 0.05) is 19.1 Å². The third kappa shape index (κ3) is 4.69. The Kier molecular flexibility index (Phi) is 6.99. The molecule has 4 aromatic rings. The van der Waals surface area contributed by atoms with E-state index in [9.17, 15) is 23.3 Å². The highest BCUT2D eigenvalue weighted by Gasteiger charge is 2.35. The van der Waals surface area contributed by atoms with Crippen molar-refractivity contribution in [2.45, 2.75) is 29.8 Å². The number of fused-ring (bicyclic) bond motifs is 1. The molecule has 39 heavy (non-hydrogen) atoms. The minimum absolute atomic E-state index is 0.0545. The van der Waals surface area contributed by atoms with Gasteiger partial charge in [-0.2, -0.15) is 9.23 Å². The Morgan fingerprint density at radius 3 is 2.44 bits per heavy atom. The van der Waals surface area contributed by atoms with Crippen molar-refractivity contribution < 1.29 is 17.9 Å². The molecular weight excluding hydrogens is 518 g/mol. The molecule has 1 amide bonds. The number of rotatable bonds is 6. The molecule has 5 rings (SSSR count). The fourth-order valence-corrected chi connectivity index (χ4v) is 6.41.